The molecule has 3 aromatic rings. The number of thiophene rings is 1. The van der Waals surface area contributed by atoms with Crippen molar-refractivity contribution in [2.24, 2.45) is 0 Å². The van der Waals surface area contributed by atoms with Crippen molar-refractivity contribution in [3.8, 4) is 16.2 Å². The minimum Gasteiger partial charge on any atom is -0.491 e. The van der Waals surface area contributed by atoms with E-state index in [0.717, 1.165) is 24.5 Å². The van der Waals surface area contributed by atoms with Crippen LogP contribution in [-0.4, -0.2) is 24.1 Å². The molecule has 0 radical (unpaired) electrons. The maximum absolute atomic E-state index is 14.1. The van der Waals surface area contributed by atoms with Crippen LogP contribution in [0.1, 0.15) is 20.7 Å². The summed E-state index contributed by atoms with van der Waals surface area (Å²) in [6, 6.07) is 5.58. The Balaban J connectivity index is 2.01. The van der Waals surface area contributed by atoms with E-state index >= 15 is 0 Å². The minimum atomic E-state index is -1.69. The van der Waals surface area contributed by atoms with Crippen LogP contribution in [0.3, 0.4) is 0 Å². The molecule has 0 aliphatic heterocycles. The third-order valence-corrected chi connectivity index (χ3v) is 4.93. The van der Waals surface area contributed by atoms with Gasteiger partial charge in [0, 0.05) is 5.38 Å². The Morgan fingerprint density at radius 1 is 1.10 bits per heavy atom. The highest BCUT2D eigenvalue weighted by atomic mass is 32.1. The number of benzene rings is 2. The molecule has 1 amide bonds. The van der Waals surface area contributed by atoms with E-state index in [9.17, 15) is 32.3 Å². The monoisotopic (exact) mass is 425 g/mol. The van der Waals surface area contributed by atoms with Gasteiger partial charge in [-0.15, -0.1) is 11.3 Å². The van der Waals surface area contributed by atoms with Gasteiger partial charge in [0.05, 0.1) is 23.2 Å². The summed E-state index contributed by atoms with van der Waals surface area (Å²) in [6.45, 7) is 0. The Hall–Kier alpha value is -3.40. The van der Waals surface area contributed by atoms with E-state index in [0.29, 0.717) is 6.07 Å². The molecule has 2 aromatic carbocycles. The van der Waals surface area contributed by atoms with Gasteiger partial charge in [-0.2, -0.15) is 4.39 Å². The number of carboxylic acid groups (broad SMARTS) is 1. The molecule has 0 spiro atoms. The molecule has 0 unspecified atom stereocenters. The highest BCUT2D eigenvalue weighted by molar-refractivity contribution is 7.14. The Kier molecular flexibility index (Phi) is 5.55. The fourth-order valence-electron chi connectivity index (χ4n) is 2.62. The van der Waals surface area contributed by atoms with Gasteiger partial charge >= 0.3 is 5.97 Å². The van der Waals surface area contributed by atoms with Gasteiger partial charge < -0.3 is 15.2 Å². The zero-order valence-electron chi connectivity index (χ0n) is 14.6. The molecule has 5 nitrogen and oxygen atoms in total. The lowest BCUT2D eigenvalue weighted by atomic mass is 10.1. The van der Waals surface area contributed by atoms with Crippen molar-refractivity contribution >= 4 is 28.9 Å². The molecule has 1 heterocycles. The number of anilines is 1. The number of carboxylic acids is 1. The zero-order chi connectivity index (χ0) is 21.3. The number of hydrogen-bond acceptors (Lipinski definition) is 4. The van der Waals surface area contributed by atoms with Crippen molar-refractivity contribution < 1.29 is 37.0 Å². The standard InChI is InChI=1S/C19H11F4NO4S/c1-28-16-11(21)6-10(14(22)15(16)23)18(25)24-12-7-29-17(13(12)19(26)27)8-3-2-4-9(20)5-8/h2-7H,1H3,(H,24,25)(H,26,27). The van der Waals surface area contributed by atoms with Crippen LogP contribution in [0.5, 0.6) is 5.75 Å². The van der Waals surface area contributed by atoms with E-state index in [1.165, 1.54) is 23.6 Å². The number of carbonyl (C=O) groups excluding carboxylic acids is 1. The average Bonchev–Trinajstić information content (AvgIpc) is 3.09. The fraction of sp³-hybridized carbons (Fsp3) is 0.0526. The molecule has 0 bridgehead atoms. The number of methoxy groups -OCH3 is 1. The molecular weight excluding hydrogens is 414 g/mol. The topological polar surface area (TPSA) is 75.6 Å². The van der Waals surface area contributed by atoms with E-state index in [1.54, 1.807) is 0 Å². The molecule has 3 rings (SSSR count). The van der Waals surface area contributed by atoms with Crippen molar-refractivity contribution in [2.45, 2.75) is 0 Å². The molecule has 0 aliphatic carbocycles. The molecule has 150 valence electrons. The van der Waals surface area contributed by atoms with Crippen molar-refractivity contribution in [3.05, 3.63) is 70.1 Å². The zero-order valence-corrected chi connectivity index (χ0v) is 15.4. The number of nitrogens with one attached hydrogen (secondary N) is 1. The number of carbonyl (C=O) groups is 2. The molecule has 0 fully saturated rings. The first-order valence-corrected chi connectivity index (χ1v) is 8.76. The number of ether oxygens (including phenoxy) is 1. The van der Waals surface area contributed by atoms with Crippen molar-refractivity contribution in [1.82, 2.24) is 0 Å². The predicted octanol–water partition coefficient (Wildman–Crippen LogP) is 4.93. The quantitative estimate of drug-likeness (QED) is 0.449. The van der Waals surface area contributed by atoms with E-state index in [4.69, 9.17) is 0 Å². The molecule has 10 heteroatoms. The van der Waals surface area contributed by atoms with Gasteiger partial charge in [-0.25, -0.2) is 18.0 Å². The van der Waals surface area contributed by atoms with Crippen molar-refractivity contribution in [2.75, 3.05) is 12.4 Å². The van der Waals surface area contributed by atoms with Gasteiger partial charge in [0.2, 0.25) is 5.82 Å². The van der Waals surface area contributed by atoms with Crippen LogP contribution >= 0.6 is 11.3 Å². The molecule has 0 aliphatic rings. The van der Waals surface area contributed by atoms with Gasteiger partial charge in [-0.3, -0.25) is 4.79 Å². The van der Waals surface area contributed by atoms with Gasteiger partial charge in [-0.1, -0.05) is 12.1 Å². The normalized spacial score (nSPS) is 10.7. The van der Waals surface area contributed by atoms with Gasteiger partial charge in [0.15, 0.2) is 17.4 Å². The third kappa shape index (κ3) is 3.79. The summed E-state index contributed by atoms with van der Waals surface area (Å²) in [5, 5.41) is 12.9. The average molecular weight is 425 g/mol. The maximum Gasteiger partial charge on any atom is 0.339 e. The molecule has 29 heavy (non-hydrogen) atoms. The van der Waals surface area contributed by atoms with Crippen LogP contribution in [0, 0.1) is 23.3 Å². The Labute approximate surface area is 165 Å². The summed E-state index contributed by atoms with van der Waals surface area (Å²) in [7, 11) is 0.930. The second kappa shape index (κ2) is 7.92. The Bertz CT molecular complexity index is 1130. The largest absolute Gasteiger partial charge is 0.491 e. The molecule has 1 aromatic heterocycles. The second-order valence-electron chi connectivity index (χ2n) is 5.69. The van der Waals surface area contributed by atoms with Crippen LogP contribution in [0.2, 0.25) is 0 Å². The third-order valence-electron chi connectivity index (χ3n) is 3.91. The highest BCUT2D eigenvalue weighted by Gasteiger charge is 2.26. The molecule has 0 atom stereocenters. The molecular formula is C19H11F4NO4S. The smallest absolute Gasteiger partial charge is 0.339 e. The van der Waals surface area contributed by atoms with E-state index in [2.05, 4.69) is 10.1 Å². The SMILES string of the molecule is COc1c(F)cc(C(=O)Nc2csc(-c3cccc(F)c3)c2C(=O)O)c(F)c1F. The van der Waals surface area contributed by atoms with Gasteiger partial charge in [-0.05, 0) is 23.8 Å². The summed E-state index contributed by atoms with van der Waals surface area (Å²) < 4.78 is 59.6. The predicted molar refractivity (Wildman–Crippen MR) is 97.5 cm³/mol. The summed E-state index contributed by atoms with van der Waals surface area (Å²) >= 11 is 0.896. The summed E-state index contributed by atoms with van der Waals surface area (Å²) in [4.78, 5) is 24.2. The van der Waals surface area contributed by atoms with Gasteiger partial charge in [0.1, 0.15) is 11.4 Å². The second-order valence-corrected chi connectivity index (χ2v) is 6.57. The van der Waals surface area contributed by atoms with Crippen LogP contribution in [-0.2, 0) is 0 Å². The lowest BCUT2D eigenvalue weighted by Crippen LogP contribution is -2.17. The number of halogens is 4. The van der Waals surface area contributed by atoms with Gasteiger partial charge in [0.25, 0.3) is 5.91 Å². The summed E-state index contributed by atoms with van der Waals surface area (Å²) in [5.74, 6) is -8.94. The lowest BCUT2D eigenvalue weighted by Gasteiger charge is -2.10. The first-order chi connectivity index (χ1) is 13.7. The summed E-state index contributed by atoms with van der Waals surface area (Å²) in [6.07, 6.45) is 0. The van der Waals surface area contributed by atoms with E-state index in [-0.39, 0.29) is 21.7 Å². The Morgan fingerprint density at radius 3 is 2.45 bits per heavy atom. The maximum atomic E-state index is 14.1. The number of rotatable bonds is 5. The van der Waals surface area contributed by atoms with Crippen LogP contribution in [0.4, 0.5) is 23.2 Å². The van der Waals surface area contributed by atoms with Crippen LogP contribution < -0.4 is 10.1 Å². The molecule has 0 saturated heterocycles. The minimum absolute atomic E-state index is 0.139. The Morgan fingerprint density at radius 2 is 1.83 bits per heavy atom. The van der Waals surface area contributed by atoms with Crippen molar-refractivity contribution in [3.63, 3.8) is 0 Å². The van der Waals surface area contributed by atoms with E-state index in [1.807, 2.05) is 0 Å². The van der Waals surface area contributed by atoms with Crippen LogP contribution in [0.15, 0.2) is 35.7 Å². The number of amides is 1. The summed E-state index contributed by atoms with van der Waals surface area (Å²) in [5.41, 5.74) is -1.33. The molecule has 0 saturated carbocycles. The first kappa shape index (κ1) is 20.3. The van der Waals surface area contributed by atoms with E-state index < -0.39 is 46.5 Å². The van der Waals surface area contributed by atoms with Crippen molar-refractivity contribution in [1.29, 1.82) is 0 Å². The first-order valence-electron chi connectivity index (χ1n) is 7.88. The fourth-order valence-corrected chi connectivity index (χ4v) is 3.62. The molecule has 2 N–H and O–H groups in total. The highest BCUT2D eigenvalue weighted by Crippen LogP contribution is 2.37. The van der Waals surface area contributed by atoms with Crippen LogP contribution in [0.25, 0.3) is 10.4 Å². The number of aromatic carboxylic acids is 1. The lowest BCUT2D eigenvalue weighted by molar-refractivity contribution is 0.0699. The number of hydrogen-bond donors (Lipinski definition) is 2.